The average Bonchev–Trinajstić information content (AvgIpc) is 3.26. The number of aromatic nitrogens is 4. The number of aromatic carboxylic acids is 1. The van der Waals surface area contributed by atoms with Gasteiger partial charge in [-0.15, -0.1) is 5.10 Å². The molecular formula is C19H23N5O4. The number of likely N-dealkylation sites (tertiary alicyclic amines) is 1. The number of H-pyrrole nitrogens is 1. The molecule has 3 heterocycles. The zero-order valence-electron chi connectivity index (χ0n) is 15.8. The first-order valence-corrected chi connectivity index (χ1v) is 9.61. The van der Waals surface area contributed by atoms with Gasteiger partial charge >= 0.3 is 5.97 Å². The van der Waals surface area contributed by atoms with Crippen molar-refractivity contribution in [2.45, 2.75) is 45.6 Å². The summed E-state index contributed by atoms with van der Waals surface area (Å²) >= 11 is 0. The number of hydrogen-bond donors (Lipinski definition) is 2. The van der Waals surface area contributed by atoms with Crippen molar-refractivity contribution in [3.8, 4) is 0 Å². The molecule has 28 heavy (non-hydrogen) atoms. The fourth-order valence-electron chi connectivity index (χ4n) is 4.31. The monoisotopic (exact) mass is 385 g/mol. The highest BCUT2D eigenvalue weighted by Gasteiger charge is 2.32. The molecule has 0 bridgehead atoms. The molecule has 2 aromatic rings. The maximum Gasteiger partial charge on any atom is 0.358 e. The summed E-state index contributed by atoms with van der Waals surface area (Å²) in [5.41, 5.74) is 2.66. The number of carbonyl (C=O) groups excluding carboxylic acids is 2. The molecule has 2 aliphatic rings. The van der Waals surface area contributed by atoms with Gasteiger partial charge in [0.15, 0.2) is 11.5 Å². The Hall–Kier alpha value is -2.97. The van der Waals surface area contributed by atoms with Gasteiger partial charge in [0.05, 0.1) is 17.3 Å². The summed E-state index contributed by atoms with van der Waals surface area (Å²) in [4.78, 5) is 41.6. The van der Waals surface area contributed by atoms with Gasteiger partial charge in [-0.3, -0.25) is 14.3 Å². The number of rotatable bonds is 4. The van der Waals surface area contributed by atoms with E-state index in [0.29, 0.717) is 37.2 Å². The zero-order chi connectivity index (χ0) is 19.8. The van der Waals surface area contributed by atoms with Crippen LogP contribution >= 0.6 is 0 Å². The zero-order valence-corrected chi connectivity index (χ0v) is 15.8. The smallest absolute Gasteiger partial charge is 0.358 e. The lowest BCUT2D eigenvalue weighted by Gasteiger charge is -2.33. The number of carbonyl (C=O) groups is 3. The molecule has 1 saturated heterocycles. The molecule has 148 valence electrons. The van der Waals surface area contributed by atoms with E-state index < -0.39 is 5.97 Å². The van der Waals surface area contributed by atoms with Crippen LogP contribution in [-0.2, 0) is 13.0 Å². The summed E-state index contributed by atoms with van der Waals surface area (Å²) < 4.78 is 1.52. The van der Waals surface area contributed by atoms with E-state index in [0.717, 1.165) is 37.1 Å². The summed E-state index contributed by atoms with van der Waals surface area (Å²) in [6.45, 7) is 3.56. The number of hydrogen-bond acceptors (Lipinski definition) is 5. The Kier molecular flexibility index (Phi) is 4.74. The second-order valence-corrected chi connectivity index (χ2v) is 7.65. The van der Waals surface area contributed by atoms with Crippen molar-refractivity contribution in [2.24, 2.45) is 5.92 Å². The highest BCUT2D eigenvalue weighted by molar-refractivity contribution is 6.10. The van der Waals surface area contributed by atoms with Gasteiger partial charge in [0.2, 0.25) is 0 Å². The fraction of sp³-hybridized carbons (Fsp3) is 0.526. The Morgan fingerprint density at radius 3 is 2.89 bits per heavy atom. The molecular weight excluding hydrogens is 362 g/mol. The van der Waals surface area contributed by atoms with Crippen LogP contribution in [0.1, 0.15) is 68.3 Å². The SMILES string of the molecule is Cc1[nH]c2c(c1C(=O)N1CCCC(Cn3cc(C(=O)O)nn3)C1)C(=O)CCC2. The fourth-order valence-corrected chi connectivity index (χ4v) is 4.31. The molecule has 0 radical (unpaired) electrons. The largest absolute Gasteiger partial charge is 0.476 e. The predicted molar refractivity (Wildman–Crippen MR) is 98.4 cm³/mol. The molecule has 1 unspecified atom stereocenters. The standard InChI is InChI=1S/C19H23N5O4/c1-11-16(17-13(20-11)5-2-6-15(17)25)18(26)23-7-3-4-12(8-23)9-24-10-14(19(27)28)21-22-24/h10,12,20H,2-9H2,1H3,(H,27,28). The average molecular weight is 385 g/mol. The Morgan fingerprint density at radius 1 is 1.32 bits per heavy atom. The minimum Gasteiger partial charge on any atom is -0.476 e. The summed E-state index contributed by atoms with van der Waals surface area (Å²) in [7, 11) is 0. The molecule has 1 aliphatic heterocycles. The number of nitrogens with zero attached hydrogens (tertiary/aromatic N) is 4. The van der Waals surface area contributed by atoms with Crippen LogP contribution < -0.4 is 0 Å². The number of fused-ring (bicyclic) bond motifs is 1. The third-order valence-electron chi connectivity index (χ3n) is 5.60. The Labute approximate surface area is 161 Å². The van der Waals surface area contributed by atoms with Gasteiger partial charge in [0.25, 0.3) is 5.91 Å². The number of aromatic amines is 1. The Bertz CT molecular complexity index is 944. The van der Waals surface area contributed by atoms with E-state index in [4.69, 9.17) is 5.11 Å². The molecule has 0 spiro atoms. The first kappa shape index (κ1) is 18.4. The lowest BCUT2D eigenvalue weighted by atomic mass is 9.91. The third-order valence-corrected chi connectivity index (χ3v) is 5.60. The maximum atomic E-state index is 13.2. The van der Waals surface area contributed by atoms with Gasteiger partial charge in [0, 0.05) is 37.4 Å². The number of piperidine rings is 1. The molecule has 1 fully saturated rings. The first-order chi connectivity index (χ1) is 13.4. The van der Waals surface area contributed by atoms with Crippen LogP contribution in [0, 0.1) is 12.8 Å². The van der Waals surface area contributed by atoms with Crippen LogP contribution in [0.5, 0.6) is 0 Å². The number of aryl methyl sites for hydroxylation is 2. The summed E-state index contributed by atoms with van der Waals surface area (Å²) in [6, 6.07) is 0. The van der Waals surface area contributed by atoms with Crippen molar-refractivity contribution in [3.05, 3.63) is 34.4 Å². The van der Waals surface area contributed by atoms with E-state index in [2.05, 4.69) is 15.3 Å². The van der Waals surface area contributed by atoms with Gasteiger partial charge in [-0.25, -0.2) is 4.79 Å². The van der Waals surface area contributed by atoms with E-state index in [-0.39, 0.29) is 23.3 Å². The predicted octanol–water partition coefficient (Wildman–Crippen LogP) is 1.68. The lowest BCUT2D eigenvalue weighted by molar-refractivity contribution is 0.0654. The topological polar surface area (TPSA) is 121 Å². The maximum absolute atomic E-state index is 13.2. The number of nitrogens with one attached hydrogen (secondary N) is 1. The van der Waals surface area contributed by atoms with Crippen LogP contribution in [0.2, 0.25) is 0 Å². The Morgan fingerprint density at radius 2 is 2.14 bits per heavy atom. The van der Waals surface area contributed by atoms with Gasteiger partial charge in [-0.05, 0) is 38.5 Å². The van der Waals surface area contributed by atoms with Crippen molar-refractivity contribution in [3.63, 3.8) is 0 Å². The minimum absolute atomic E-state index is 0.0475. The van der Waals surface area contributed by atoms with E-state index in [1.165, 1.54) is 10.9 Å². The van der Waals surface area contributed by atoms with Crippen molar-refractivity contribution in [2.75, 3.05) is 13.1 Å². The second kappa shape index (κ2) is 7.21. The van der Waals surface area contributed by atoms with Crippen LogP contribution in [0.3, 0.4) is 0 Å². The van der Waals surface area contributed by atoms with Crippen LogP contribution in [0.25, 0.3) is 0 Å². The molecule has 4 rings (SSSR count). The summed E-state index contributed by atoms with van der Waals surface area (Å²) in [5, 5.41) is 16.5. The number of Topliss-reactive ketones (excluding diaryl/α,β-unsaturated/α-hetero) is 1. The molecule has 2 N–H and O–H groups in total. The quantitative estimate of drug-likeness (QED) is 0.826. The molecule has 9 heteroatoms. The van der Waals surface area contributed by atoms with Crippen molar-refractivity contribution < 1.29 is 19.5 Å². The molecule has 1 aliphatic carbocycles. The van der Waals surface area contributed by atoms with E-state index in [1.807, 2.05) is 11.8 Å². The lowest BCUT2D eigenvalue weighted by Crippen LogP contribution is -2.41. The highest BCUT2D eigenvalue weighted by Crippen LogP contribution is 2.29. The normalized spacial score (nSPS) is 19.5. The van der Waals surface area contributed by atoms with Crippen LogP contribution in [0.4, 0.5) is 0 Å². The minimum atomic E-state index is -1.11. The molecule has 1 atom stereocenters. The number of ketones is 1. The van der Waals surface area contributed by atoms with Crippen molar-refractivity contribution in [1.82, 2.24) is 24.9 Å². The Balaban J connectivity index is 1.50. The van der Waals surface area contributed by atoms with Crippen molar-refractivity contribution in [1.29, 1.82) is 0 Å². The molecule has 9 nitrogen and oxygen atoms in total. The van der Waals surface area contributed by atoms with Gasteiger partial charge in [0.1, 0.15) is 0 Å². The molecule has 0 saturated carbocycles. The summed E-state index contributed by atoms with van der Waals surface area (Å²) in [5.74, 6) is -0.998. The molecule has 0 aromatic carbocycles. The second-order valence-electron chi connectivity index (χ2n) is 7.65. The van der Waals surface area contributed by atoms with E-state index in [1.54, 1.807) is 0 Å². The highest BCUT2D eigenvalue weighted by atomic mass is 16.4. The summed E-state index contributed by atoms with van der Waals surface area (Å²) in [6.07, 6.45) is 5.31. The van der Waals surface area contributed by atoms with Gasteiger partial charge in [-0.2, -0.15) is 0 Å². The van der Waals surface area contributed by atoms with Crippen LogP contribution in [-0.4, -0.2) is 60.7 Å². The van der Waals surface area contributed by atoms with Gasteiger partial charge < -0.3 is 15.0 Å². The van der Waals surface area contributed by atoms with Gasteiger partial charge in [-0.1, -0.05) is 5.21 Å². The van der Waals surface area contributed by atoms with E-state index in [9.17, 15) is 14.4 Å². The number of carboxylic acid groups (broad SMARTS) is 1. The van der Waals surface area contributed by atoms with Crippen LogP contribution in [0.15, 0.2) is 6.20 Å². The molecule has 1 amide bonds. The van der Waals surface area contributed by atoms with Crippen molar-refractivity contribution >= 4 is 17.7 Å². The number of carboxylic acids is 1. The first-order valence-electron chi connectivity index (χ1n) is 9.61. The van der Waals surface area contributed by atoms with E-state index >= 15 is 0 Å². The number of amides is 1. The molecule has 2 aromatic heterocycles. The third kappa shape index (κ3) is 3.32.